The molecule has 1 N–H and O–H groups in total. The van der Waals surface area contributed by atoms with Crippen molar-refractivity contribution in [1.82, 2.24) is 0 Å². The van der Waals surface area contributed by atoms with Gasteiger partial charge in [-0.15, -0.1) is 0 Å². The number of benzene rings is 4. The Morgan fingerprint density at radius 3 is 1.86 bits per heavy atom. The summed E-state index contributed by atoms with van der Waals surface area (Å²) in [7, 11) is 0. The van der Waals surface area contributed by atoms with E-state index in [1.807, 2.05) is 42.6 Å². The first-order chi connectivity index (χ1) is 17.3. The van der Waals surface area contributed by atoms with Crippen molar-refractivity contribution in [1.29, 1.82) is 0 Å². The molecule has 0 amide bonds. The lowest BCUT2D eigenvalue weighted by molar-refractivity contribution is 0.477. The first-order valence-electron chi connectivity index (χ1n) is 12.7. The van der Waals surface area contributed by atoms with Gasteiger partial charge in [-0.1, -0.05) is 94.4 Å². The van der Waals surface area contributed by atoms with E-state index in [9.17, 15) is 0 Å². The Kier molecular flexibility index (Phi) is 7.90. The molecule has 0 bridgehead atoms. The summed E-state index contributed by atoms with van der Waals surface area (Å²) in [6.45, 7) is 13.0. The van der Waals surface area contributed by atoms with Crippen LogP contribution in [0.3, 0.4) is 0 Å². The fourth-order valence-electron chi connectivity index (χ4n) is 4.39. The fraction of sp³-hybridized carbons (Fsp3) is 0.242. The van der Waals surface area contributed by atoms with Gasteiger partial charge in [0.2, 0.25) is 0 Å². The number of aliphatic imine (C=N–C) groups is 1. The van der Waals surface area contributed by atoms with Gasteiger partial charge in [-0.05, 0) is 66.1 Å². The molecule has 0 aliphatic carbocycles. The van der Waals surface area contributed by atoms with E-state index in [0.717, 1.165) is 45.3 Å². The second kappa shape index (κ2) is 11.3. The highest BCUT2D eigenvalue weighted by Crippen LogP contribution is 2.37. The maximum absolute atomic E-state index is 6.40. The molecule has 184 valence electrons. The van der Waals surface area contributed by atoms with Crippen LogP contribution in [-0.2, 0) is 0 Å². The minimum atomic E-state index is 0.401. The van der Waals surface area contributed by atoms with Gasteiger partial charge in [0.05, 0.1) is 11.4 Å². The molecule has 0 unspecified atom stereocenters. The molecule has 0 fully saturated rings. The van der Waals surface area contributed by atoms with E-state index in [4.69, 9.17) is 9.73 Å². The third-order valence-electron chi connectivity index (χ3n) is 6.41. The molecule has 0 heterocycles. The van der Waals surface area contributed by atoms with Crippen LogP contribution in [0.2, 0.25) is 0 Å². The lowest BCUT2D eigenvalue weighted by Gasteiger charge is -2.17. The van der Waals surface area contributed by atoms with Crippen molar-refractivity contribution in [2.75, 3.05) is 5.32 Å². The third-order valence-corrected chi connectivity index (χ3v) is 6.41. The number of nitrogens with zero attached hydrogens (tertiary/aromatic N) is 1. The highest BCUT2D eigenvalue weighted by Gasteiger charge is 2.14. The van der Waals surface area contributed by atoms with Crippen molar-refractivity contribution < 1.29 is 4.74 Å². The Hall–Kier alpha value is -3.85. The summed E-state index contributed by atoms with van der Waals surface area (Å²) in [5.74, 6) is 2.48. The number of anilines is 2. The summed E-state index contributed by atoms with van der Waals surface area (Å²) in [6, 6.07) is 29.0. The molecule has 3 nitrogen and oxygen atoms in total. The van der Waals surface area contributed by atoms with Crippen molar-refractivity contribution in [3.63, 3.8) is 0 Å². The number of rotatable bonds is 8. The van der Waals surface area contributed by atoms with E-state index in [0.29, 0.717) is 11.8 Å². The van der Waals surface area contributed by atoms with Crippen molar-refractivity contribution >= 4 is 23.3 Å². The van der Waals surface area contributed by atoms with Gasteiger partial charge in [-0.2, -0.15) is 0 Å². The normalized spacial score (nSPS) is 11.4. The number of para-hydroxylation sites is 5. The van der Waals surface area contributed by atoms with Crippen molar-refractivity contribution in [3.8, 4) is 11.5 Å². The third kappa shape index (κ3) is 5.68. The van der Waals surface area contributed by atoms with Crippen LogP contribution < -0.4 is 10.1 Å². The Bertz CT molecular complexity index is 1320. The molecule has 0 aromatic heterocycles. The Balaban J connectivity index is 1.68. The fourth-order valence-corrected chi connectivity index (χ4v) is 4.39. The van der Waals surface area contributed by atoms with E-state index in [1.54, 1.807) is 0 Å². The molecule has 0 aliphatic rings. The van der Waals surface area contributed by atoms with Crippen molar-refractivity contribution in [2.24, 2.45) is 4.99 Å². The quantitative estimate of drug-likeness (QED) is 0.257. The summed E-state index contributed by atoms with van der Waals surface area (Å²) in [5.41, 5.74) is 8.76. The highest BCUT2D eigenvalue weighted by molar-refractivity contribution is 5.91. The lowest BCUT2D eigenvalue weighted by Crippen LogP contribution is -1.99. The number of hydrogen-bond donors (Lipinski definition) is 1. The Labute approximate surface area is 215 Å². The average Bonchev–Trinajstić information content (AvgIpc) is 2.86. The van der Waals surface area contributed by atoms with Gasteiger partial charge in [0.15, 0.2) is 5.75 Å². The molecule has 4 aromatic rings. The van der Waals surface area contributed by atoms with Crippen molar-refractivity contribution in [2.45, 2.75) is 53.4 Å². The van der Waals surface area contributed by atoms with Gasteiger partial charge in [0.1, 0.15) is 5.75 Å². The number of hydrogen-bond acceptors (Lipinski definition) is 3. The van der Waals surface area contributed by atoms with Crippen LogP contribution in [-0.4, -0.2) is 6.21 Å². The molecule has 3 heteroatoms. The molecule has 0 atom stereocenters. The largest absolute Gasteiger partial charge is 0.455 e. The zero-order valence-corrected chi connectivity index (χ0v) is 22.2. The zero-order valence-electron chi connectivity index (χ0n) is 22.2. The maximum atomic E-state index is 6.40. The summed E-state index contributed by atoms with van der Waals surface area (Å²) in [5, 5.41) is 3.60. The van der Waals surface area contributed by atoms with Gasteiger partial charge in [-0.3, -0.25) is 4.99 Å². The van der Waals surface area contributed by atoms with Crippen LogP contribution in [0.5, 0.6) is 11.5 Å². The molecule has 4 aromatic carbocycles. The van der Waals surface area contributed by atoms with Crippen molar-refractivity contribution in [3.05, 3.63) is 113 Å². The van der Waals surface area contributed by atoms with Crippen LogP contribution in [0.25, 0.3) is 0 Å². The molecular weight excluding hydrogens is 440 g/mol. The minimum absolute atomic E-state index is 0.401. The Morgan fingerprint density at radius 1 is 0.667 bits per heavy atom. The monoisotopic (exact) mass is 476 g/mol. The molecule has 0 saturated carbocycles. The Morgan fingerprint density at radius 2 is 1.22 bits per heavy atom. The molecule has 0 spiro atoms. The van der Waals surface area contributed by atoms with E-state index in [2.05, 4.69) is 95.4 Å². The smallest absolute Gasteiger partial charge is 0.150 e. The predicted octanol–water partition coefficient (Wildman–Crippen LogP) is 9.84. The highest BCUT2D eigenvalue weighted by atomic mass is 16.5. The first kappa shape index (κ1) is 25.2. The second-order valence-corrected chi connectivity index (χ2v) is 9.88. The van der Waals surface area contributed by atoms with E-state index < -0.39 is 0 Å². The molecule has 0 radical (unpaired) electrons. The van der Waals surface area contributed by atoms with E-state index in [1.165, 1.54) is 11.1 Å². The second-order valence-electron chi connectivity index (χ2n) is 9.88. The average molecular weight is 477 g/mol. The first-order valence-corrected chi connectivity index (χ1v) is 12.7. The summed E-state index contributed by atoms with van der Waals surface area (Å²) in [4.78, 5) is 5.04. The summed E-state index contributed by atoms with van der Waals surface area (Å²) in [6.07, 6.45) is 1.98. The van der Waals surface area contributed by atoms with Crippen LogP contribution in [0.15, 0.2) is 89.9 Å². The summed E-state index contributed by atoms with van der Waals surface area (Å²) >= 11 is 0. The topological polar surface area (TPSA) is 33.6 Å². The van der Waals surface area contributed by atoms with Gasteiger partial charge in [0, 0.05) is 17.5 Å². The predicted molar refractivity (Wildman–Crippen MR) is 154 cm³/mol. The van der Waals surface area contributed by atoms with Crippen LogP contribution in [0.1, 0.15) is 67.3 Å². The molecular formula is C33H36N2O. The molecule has 0 aliphatic heterocycles. The minimum Gasteiger partial charge on any atom is -0.455 e. The van der Waals surface area contributed by atoms with Crippen LogP contribution in [0.4, 0.5) is 17.1 Å². The SMILES string of the molecule is Cc1cccc(C)c1Oc1ccccc1Nc1ccccc1/C=N/c1c(C(C)C)cccc1C(C)C. The van der Waals surface area contributed by atoms with E-state index in [-0.39, 0.29) is 0 Å². The molecule has 36 heavy (non-hydrogen) atoms. The lowest BCUT2D eigenvalue weighted by atomic mass is 9.93. The van der Waals surface area contributed by atoms with Gasteiger partial charge in [-0.25, -0.2) is 0 Å². The van der Waals surface area contributed by atoms with Gasteiger partial charge >= 0.3 is 0 Å². The van der Waals surface area contributed by atoms with Gasteiger partial charge in [0.25, 0.3) is 0 Å². The maximum Gasteiger partial charge on any atom is 0.150 e. The van der Waals surface area contributed by atoms with Gasteiger partial charge < -0.3 is 10.1 Å². The van der Waals surface area contributed by atoms with Crippen LogP contribution in [0, 0.1) is 13.8 Å². The number of aryl methyl sites for hydroxylation is 2. The zero-order chi connectivity index (χ0) is 25.7. The number of ether oxygens (including phenoxy) is 1. The molecule has 4 rings (SSSR count). The number of nitrogens with one attached hydrogen (secondary N) is 1. The molecule has 0 saturated heterocycles. The standard InChI is InChI=1S/C33H36N2O/c1-22(2)27-16-12-17-28(23(3)4)32(27)34-21-26-15-7-8-18-29(26)35-30-19-9-10-20-31(30)36-33-24(5)13-11-14-25(33)6/h7-23,35H,1-6H3/b34-21+. The van der Waals surface area contributed by atoms with Crippen LogP contribution >= 0.6 is 0 Å². The van der Waals surface area contributed by atoms with E-state index >= 15 is 0 Å². The summed E-state index contributed by atoms with van der Waals surface area (Å²) < 4.78 is 6.40.